The van der Waals surface area contributed by atoms with Crippen LogP contribution in [0.2, 0.25) is 19.6 Å². The molecule has 0 saturated heterocycles. The Bertz CT molecular complexity index is 262. The molecule has 0 aliphatic heterocycles. The van der Waals surface area contributed by atoms with E-state index in [0.29, 0.717) is 6.61 Å². The maximum Gasteiger partial charge on any atom is 0.348 e. The van der Waals surface area contributed by atoms with Gasteiger partial charge >= 0.3 is 5.97 Å². The summed E-state index contributed by atoms with van der Waals surface area (Å²) in [6.07, 6.45) is 0. The van der Waals surface area contributed by atoms with E-state index in [2.05, 4.69) is 6.58 Å². The van der Waals surface area contributed by atoms with Gasteiger partial charge in [-0.05, 0) is 19.6 Å². The molecule has 14 heavy (non-hydrogen) atoms. The van der Waals surface area contributed by atoms with Crippen molar-refractivity contribution in [2.45, 2.75) is 19.6 Å². The first-order valence-corrected chi connectivity index (χ1v) is 7.68. The summed E-state index contributed by atoms with van der Waals surface area (Å²) in [5.41, 5.74) is -0.182. The SMILES string of the molecule is C=C(C#N)C(=O)OCCO[Si](C)(C)C. The van der Waals surface area contributed by atoms with Gasteiger partial charge in [-0.3, -0.25) is 0 Å². The Labute approximate surface area is 85.3 Å². The second-order valence-electron chi connectivity index (χ2n) is 3.69. The normalized spacial score (nSPS) is 10.4. The van der Waals surface area contributed by atoms with Crippen LogP contribution in [0.5, 0.6) is 0 Å². The molecule has 0 aromatic heterocycles. The van der Waals surface area contributed by atoms with E-state index in [-0.39, 0.29) is 12.2 Å². The molecule has 0 unspecified atom stereocenters. The summed E-state index contributed by atoms with van der Waals surface area (Å²) in [5, 5.41) is 8.32. The van der Waals surface area contributed by atoms with Crippen molar-refractivity contribution in [3.8, 4) is 6.07 Å². The number of rotatable bonds is 5. The van der Waals surface area contributed by atoms with Crippen molar-refractivity contribution in [3.05, 3.63) is 12.2 Å². The molecule has 0 aliphatic carbocycles. The number of nitriles is 1. The number of hydrogen-bond acceptors (Lipinski definition) is 4. The van der Waals surface area contributed by atoms with Crippen molar-refractivity contribution < 1.29 is 14.0 Å². The highest BCUT2D eigenvalue weighted by Crippen LogP contribution is 2.01. The molecule has 0 radical (unpaired) electrons. The number of hydrogen-bond donors (Lipinski definition) is 0. The summed E-state index contributed by atoms with van der Waals surface area (Å²) in [4.78, 5) is 10.9. The summed E-state index contributed by atoms with van der Waals surface area (Å²) >= 11 is 0. The van der Waals surface area contributed by atoms with E-state index >= 15 is 0 Å². The molecular formula is C9H15NO3Si. The summed E-state index contributed by atoms with van der Waals surface area (Å²) in [6, 6.07) is 1.62. The topological polar surface area (TPSA) is 59.3 Å². The highest BCUT2D eigenvalue weighted by molar-refractivity contribution is 6.69. The lowest BCUT2D eigenvalue weighted by atomic mass is 10.3. The van der Waals surface area contributed by atoms with Crippen LogP contribution >= 0.6 is 0 Å². The van der Waals surface area contributed by atoms with Gasteiger partial charge in [0.25, 0.3) is 0 Å². The van der Waals surface area contributed by atoms with Gasteiger partial charge in [-0.15, -0.1) is 0 Å². The predicted molar refractivity (Wildman–Crippen MR) is 55.0 cm³/mol. The molecule has 0 bridgehead atoms. The van der Waals surface area contributed by atoms with E-state index in [1.54, 1.807) is 6.07 Å². The maximum absolute atomic E-state index is 10.9. The predicted octanol–water partition coefficient (Wildman–Crippen LogP) is 1.46. The van der Waals surface area contributed by atoms with Gasteiger partial charge in [-0.2, -0.15) is 5.26 Å². The van der Waals surface area contributed by atoms with Crippen LogP contribution in [-0.4, -0.2) is 27.5 Å². The number of ether oxygens (including phenoxy) is 1. The lowest BCUT2D eigenvalue weighted by Crippen LogP contribution is -2.27. The number of carbonyl (C=O) groups excluding carboxylic acids is 1. The van der Waals surface area contributed by atoms with E-state index in [1.165, 1.54) is 0 Å². The molecule has 0 atom stereocenters. The van der Waals surface area contributed by atoms with Gasteiger partial charge in [-0.25, -0.2) is 4.79 Å². The van der Waals surface area contributed by atoms with Gasteiger partial charge in [0, 0.05) is 0 Å². The molecule has 0 fully saturated rings. The number of esters is 1. The third-order valence-electron chi connectivity index (χ3n) is 1.23. The van der Waals surface area contributed by atoms with E-state index in [0.717, 1.165) is 0 Å². The lowest BCUT2D eigenvalue weighted by Gasteiger charge is -2.16. The summed E-state index contributed by atoms with van der Waals surface area (Å²) in [7, 11) is -1.54. The second-order valence-corrected chi connectivity index (χ2v) is 8.20. The smallest absolute Gasteiger partial charge is 0.348 e. The first kappa shape index (κ1) is 12.9. The van der Waals surface area contributed by atoms with Crippen LogP contribution in [0.1, 0.15) is 0 Å². The van der Waals surface area contributed by atoms with Gasteiger partial charge in [-0.1, -0.05) is 6.58 Å². The van der Waals surface area contributed by atoms with Gasteiger partial charge in [0.1, 0.15) is 18.2 Å². The molecule has 0 amide bonds. The largest absolute Gasteiger partial charge is 0.459 e. The molecule has 4 nitrogen and oxygen atoms in total. The first-order valence-electron chi connectivity index (χ1n) is 4.27. The Morgan fingerprint density at radius 1 is 1.43 bits per heavy atom. The van der Waals surface area contributed by atoms with Crippen molar-refractivity contribution in [1.82, 2.24) is 0 Å². The molecule has 78 valence electrons. The lowest BCUT2D eigenvalue weighted by molar-refractivity contribution is -0.139. The molecule has 5 heteroatoms. The molecule has 0 N–H and O–H groups in total. The van der Waals surface area contributed by atoms with Crippen LogP contribution in [-0.2, 0) is 14.0 Å². The van der Waals surface area contributed by atoms with Crippen LogP contribution in [0, 0.1) is 11.3 Å². The maximum atomic E-state index is 10.9. The van der Waals surface area contributed by atoms with E-state index in [1.807, 2.05) is 19.6 Å². The Balaban J connectivity index is 3.62. The average molecular weight is 213 g/mol. The van der Waals surface area contributed by atoms with Crippen LogP contribution in [0.4, 0.5) is 0 Å². The Morgan fingerprint density at radius 3 is 2.43 bits per heavy atom. The van der Waals surface area contributed by atoms with Crippen LogP contribution < -0.4 is 0 Å². The summed E-state index contributed by atoms with van der Waals surface area (Å²) < 4.78 is 10.2. The van der Waals surface area contributed by atoms with Gasteiger partial charge in [0.15, 0.2) is 8.32 Å². The van der Waals surface area contributed by atoms with Crippen molar-refractivity contribution in [3.63, 3.8) is 0 Å². The quantitative estimate of drug-likeness (QED) is 0.228. The van der Waals surface area contributed by atoms with Crippen molar-refractivity contribution in [1.29, 1.82) is 5.26 Å². The molecule has 0 saturated carbocycles. The van der Waals surface area contributed by atoms with E-state index in [9.17, 15) is 4.79 Å². The van der Waals surface area contributed by atoms with Crippen LogP contribution in [0.3, 0.4) is 0 Å². The minimum absolute atomic E-state index is 0.170. The van der Waals surface area contributed by atoms with Crippen LogP contribution in [0.15, 0.2) is 12.2 Å². The molecule has 0 rings (SSSR count). The molecule has 0 aliphatic rings. The summed E-state index contributed by atoms with van der Waals surface area (Å²) in [6.45, 7) is 9.91. The fourth-order valence-corrected chi connectivity index (χ4v) is 1.31. The molecule has 0 aromatic rings. The van der Waals surface area contributed by atoms with Gasteiger partial charge in [0.05, 0.1) is 6.61 Å². The van der Waals surface area contributed by atoms with Crippen molar-refractivity contribution in [2.24, 2.45) is 0 Å². The third kappa shape index (κ3) is 6.40. The van der Waals surface area contributed by atoms with Crippen molar-refractivity contribution in [2.75, 3.05) is 13.2 Å². The van der Waals surface area contributed by atoms with E-state index < -0.39 is 14.3 Å². The zero-order valence-electron chi connectivity index (χ0n) is 8.79. The second kappa shape index (κ2) is 5.57. The van der Waals surface area contributed by atoms with Gasteiger partial charge in [0.2, 0.25) is 0 Å². The Hall–Kier alpha value is -1.12. The number of carbonyl (C=O) groups is 1. The zero-order valence-corrected chi connectivity index (χ0v) is 9.79. The fraction of sp³-hybridized carbons (Fsp3) is 0.556. The highest BCUT2D eigenvalue weighted by atomic mass is 28.4. The Morgan fingerprint density at radius 2 is 2.00 bits per heavy atom. The minimum atomic E-state index is -1.54. The van der Waals surface area contributed by atoms with Gasteiger partial charge < -0.3 is 9.16 Å². The number of nitrogens with zero attached hydrogens (tertiary/aromatic N) is 1. The van der Waals surface area contributed by atoms with Crippen molar-refractivity contribution >= 4 is 14.3 Å². The molecule has 0 spiro atoms. The summed E-state index contributed by atoms with van der Waals surface area (Å²) in [5.74, 6) is -0.674. The minimum Gasteiger partial charge on any atom is -0.459 e. The molecule has 0 aromatic carbocycles. The monoisotopic (exact) mass is 213 g/mol. The van der Waals surface area contributed by atoms with Crippen LogP contribution in [0.25, 0.3) is 0 Å². The zero-order chi connectivity index (χ0) is 11.2. The molecule has 0 heterocycles. The van der Waals surface area contributed by atoms with E-state index in [4.69, 9.17) is 14.4 Å². The average Bonchev–Trinajstić information content (AvgIpc) is 2.09. The fourth-order valence-electron chi connectivity index (χ4n) is 0.615. The standard InChI is InChI=1S/C9H15NO3Si/c1-8(7-10)9(11)12-5-6-13-14(2,3)4/h1,5-6H2,2-4H3. The first-order chi connectivity index (χ1) is 6.37. The third-order valence-corrected chi connectivity index (χ3v) is 2.30. The highest BCUT2D eigenvalue weighted by Gasteiger charge is 2.14. The molecular weight excluding hydrogens is 198 g/mol. The Kier molecular flexibility index (Phi) is 5.13.